The van der Waals surface area contributed by atoms with Crippen LogP contribution >= 0.6 is 15.9 Å². The van der Waals surface area contributed by atoms with E-state index in [0.717, 1.165) is 5.92 Å². The van der Waals surface area contributed by atoms with E-state index in [1.165, 1.54) is 49.7 Å². The van der Waals surface area contributed by atoms with Gasteiger partial charge in [0.25, 0.3) is 0 Å². The smallest absolute Gasteiger partial charge is 0.0452 e. The van der Waals surface area contributed by atoms with Crippen molar-refractivity contribution in [3.8, 4) is 0 Å². The second-order valence-electron chi connectivity index (χ2n) is 9.27. The molecule has 3 atom stereocenters. The summed E-state index contributed by atoms with van der Waals surface area (Å²) in [6.07, 6.45) is 8.73. The van der Waals surface area contributed by atoms with E-state index in [0.29, 0.717) is 21.1 Å². The van der Waals surface area contributed by atoms with Gasteiger partial charge in [-0.2, -0.15) is 0 Å². The van der Waals surface area contributed by atoms with Crippen molar-refractivity contribution >= 4 is 15.9 Å². The number of alkyl halides is 1. The second-order valence-corrected chi connectivity index (χ2v) is 10.2. The van der Waals surface area contributed by atoms with Crippen LogP contribution in [0.4, 0.5) is 0 Å². The summed E-state index contributed by atoms with van der Waals surface area (Å²) < 4.78 is 0. The summed E-state index contributed by atoms with van der Waals surface area (Å²) in [6, 6.07) is 9.23. The summed E-state index contributed by atoms with van der Waals surface area (Å²) in [4.78, 5) is 0.535. The Bertz CT molecular complexity index is 540. The molecule has 0 amide bonds. The highest BCUT2D eigenvalue weighted by Crippen LogP contribution is 2.73. The van der Waals surface area contributed by atoms with Crippen LogP contribution in [-0.2, 0) is 0 Å². The first kappa shape index (κ1) is 14.3. The van der Waals surface area contributed by atoms with Crippen LogP contribution in [0.5, 0.6) is 0 Å². The molecule has 0 aliphatic heterocycles. The molecule has 1 aromatic rings. The van der Waals surface area contributed by atoms with E-state index >= 15 is 0 Å². The Hall–Kier alpha value is -0.300. The molecule has 0 nitrogen and oxygen atoms in total. The lowest BCUT2D eigenvalue weighted by Gasteiger charge is -2.66. The van der Waals surface area contributed by atoms with Crippen molar-refractivity contribution in [2.75, 3.05) is 0 Å². The van der Waals surface area contributed by atoms with E-state index in [1.54, 1.807) is 0 Å². The van der Waals surface area contributed by atoms with Crippen molar-refractivity contribution in [1.29, 1.82) is 0 Å². The molecule has 0 spiro atoms. The molecule has 4 bridgehead atoms. The van der Waals surface area contributed by atoms with Gasteiger partial charge < -0.3 is 0 Å². The summed E-state index contributed by atoms with van der Waals surface area (Å²) in [5, 5.41) is 0. The van der Waals surface area contributed by atoms with Crippen LogP contribution in [0.1, 0.15) is 68.3 Å². The predicted molar refractivity (Wildman–Crippen MR) is 92.7 cm³/mol. The summed E-state index contributed by atoms with van der Waals surface area (Å²) in [5.74, 6) is 0.974. The highest BCUT2D eigenvalue weighted by atomic mass is 79.9. The maximum absolute atomic E-state index is 4.15. The van der Waals surface area contributed by atoms with Gasteiger partial charge in [0.2, 0.25) is 0 Å². The van der Waals surface area contributed by atoms with Crippen LogP contribution in [0.2, 0.25) is 0 Å². The van der Waals surface area contributed by atoms with Crippen LogP contribution in [0.25, 0.3) is 0 Å². The van der Waals surface area contributed by atoms with Crippen LogP contribution < -0.4 is 0 Å². The lowest BCUT2D eigenvalue weighted by atomic mass is 9.39. The highest BCUT2D eigenvalue weighted by molar-refractivity contribution is 9.09. The minimum absolute atomic E-state index is 0.498. The van der Waals surface area contributed by atoms with E-state index in [4.69, 9.17) is 0 Å². The lowest BCUT2D eigenvalue weighted by Crippen LogP contribution is -2.56. The van der Waals surface area contributed by atoms with E-state index in [-0.39, 0.29) is 0 Å². The third-order valence-electron chi connectivity index (χ3n) is 6.58. The Labute approximate surface area is 137 Å². The predicted octanol–water partition coefficient (Wildman–Crippen LogP) is 6.43. The van der Waals surface area contributed by atoms with E-state index in [2.05, 4.69) is 61.0 Å². The van der Waals surface area contributed by atoms with E-state index in [9.17, 15) is 0 Å². The Morgan fingerprint density at radius 2 is 1.52 bits per heavy atom. The van der Waals surface area contributed by atoms with Gasteiger partial charge in [0, 0.05) is 4.83 Å². The van der Waals surface area contributed by atoms with Gasteiger partial charge in [-0.15, -0.1) is 0 Å². The molecule has 4 saturated carbocycles. The summed E-state index contributed by atoms with van der Waals surface area (Å²) >= 11 is 4.15. The van der Waals surface area contributed by atoms with Crippen molar-refractivity contribution in [3.05, 3.63) is 35.4 Å². The van der Waals surface area contributed by atoms with Gasteiger partial charge in [0.1, 0.15) is 0 Å². The first-order chi connectivity index (χ1) is 9.82. The number of hydrogen-bond donors (Lipinski definition) is 0. The zero-order valence-electron chi connectivity index (χ0n) is 13.6. The fourth-order valence-corrected chi connectivity index (χ4v) is 7.72. The molecule has 3 unspecified atom stereocenters. The molecule has 0 radical (unpaired) electrons. The Morgan fingerprint density at radius 3 is 2.05 bits per heavy atom. The van der Waals surface area contributed by atoms with Gasteiger partial charge in [-0.25, -0.2) is 0 Å². The van der Waals surface area contributed by atoms with Crippen molar-refractivity contribution in [2.45, 2.75) is 64.1 Å². The molecule has 1 heteroatoms. The van der Waals surface area contributed by atoms with Crippen LogP contribution in [-0.4, -0.2) is 0 Å². The first-order valence-electron chi connectivity index (χ1n) is 8.52. The minimum Gasteiger partial charge on any atom is -0.0833 e. The molecule has 4 aliphatic carbocycles. The average Bonchev–Trinajstić information content (AvgIpc) is 2.34. The zero-order valence-corrected chi connectivity index (χ0v) is 15.2. The van der Waals surface area contributed by atoms with Gasteiger partial charge in [-0.1, -0.05) is 59.6 Å². The van der Waals surface area contributed by atoms with Gasteiger partial charge in [0.15, 0.2) is 0 Å². The van der Waals surface area contributed by atoms with Crippen molar-refractivity contribution in [2.24, 2.45) is 22.2 Å². The largest absolute Gasteiger partial charge is 0.0833 e. The molecular formula is C20H27Br. The zero-order chi connectivity index (χ0) is 14.9. The fourth-order valence-electron chi connectivity index (χ4n) is 6.91. The standard InChI is InChI=1S/C20H27Br/c1-14-4-6-16(7-5-14)17(21)20-10-15-8-18(2,12-20)11-19(3,9-15)13-20/h4-7,15,17H,8-13H2,1-3H3. The van der Waals surface area contributed by atoms with Crippen molar-refractivity contribution < 1.29 is 0 Å². The summed E-state index contributed by atoms with van der Waals surface area (Å²) in [6.45, 7) is 7.32. The SMILES string of the molecule is Cc1ccc(C(Br)C23CC4CC(C)(CC(C)(C4)C2)C3)cc1. The molecule has 114 valence electrons. The molecule has 4 aliphatic rings. The molecule has 1 aromatic carbocycles. The van der Waals surface area contributed by atoms with Crippen molar-refractivity contribution in [1.82, 2.24) is 0 Å². The number of hydrogen-bond acceptors (Lipinski definition) is 0. The maximum Gasteiger partial charge on any atom is 0.0452 e. The Kier molecular flexibility index (Phi) is 2.98. The van der Waals surface area contributed by atoms with E-state index < -0.39 is 0 Å². The van der Waals surface area contributed by atoms with Crippen LogP contribution in [0.15, 0.2) is 24.3 Å². The first-order valence-corrected chi connectivity index (χ1v) is 9.44. The second kappa shape index (κ2) is 4.37. The van der Waals surface area contributed by atoms with Crippen LogP contribution in [0, 0.1) is 29.1 Å². The molecule has 0 aromatic heterocycles. The average molecular weight is 347 g/mol. The molecule has 5 rings (SSSR count). The molecule has 0 N–H and O–H groups in total. The maximum atomic E-state index is 4.15. The molecular weight excluding hydrogens is 320 g/mol. The lowest BCUT2D eigenvalue weighted by molar-refractivity contribution is -0.144. The Morgan fingerprint density at radius 1 is 0.952 bits per heavy atom. The topological polar surface area (TPSA) is 0 Å². The third kappa shape index (κ3) is 2.22. The van der Waals surface area contributed by atoms with Crippen molar-refractivity contribution in [3.63, 3.8) is 0 Å². The molecule has 0 heterocycles. The normalized spacial score (nSPS) is 45.8. The van der Waals surface area contributed by atoms with E-state index in [1.807, 2.05) is 0 Å². The summed E-state index contributed by atoms with van der Waals surface area (Å²) in [7, 11) is 0. The quantitative estimate of drug-likeness (QED) is 0.541. The minimum atomic E-state index is 0.498. The molecule has 21 heavy (non-hydrogen) atoms. The molecule has 4 fully saturated rings. The van der Waals surface area contributed by atoms with Gasteiger partial charge >= 0.3 is 0 Å². The third-order valence-corrected chi connectivity index (χ3v) is 8.08. The number of halogens is 1. The van der Waals surface area contributed by atoms with Gasteiger partial charge in [0.05, 0.1) is 0 Å². The highest BCUT2D eigenvalue weighted by Gasteiger charge is 2.61. The van der Waals surface area contributed by atoms with Gasteiger partial charge in [-0.3, -0.25) is 0 Å². The Balaban J connectivity index is 1.72. The molecule has 0 saturated heterocycles. The van der Waals surface area contributed by atoms with Crippen LogP contribution in [0.3, 0.4) is 0 Å². The fraction of sp³-hybridized carbons (Fsp3) is 0.700. The number of rotatable bonds is 2. The summed E-state index contributed by atoms with van der Waals surface area (Å²) in [5.41, 5.74) is 4.56. The number of benzene rings is 1. The number of aryl methyl sites for hydroxylation is 1. The monoisotopic (exact) mass is 346 g/mol. The van der Waals surface area contributed by atoms with Gasteiger partial charge in [-0.05, 0) is 73.2 Å².